The first kappa shape index (κ1) is 19.2. The van der Waals surface area contributed by atoms with E-state index >= 15 is 0 Å². The van der Waals surface area contributed by atoms with Gasteiger partial charge in [0.15, 0.2) is 0 Å². The summed E-state index contributed by atoms with van der Waals surface area (Å²) in [5.74, 6) is 1.36. The van der Waals surface area contributed by atoms with Crippen LogP contribution >= 0.6 is 11.8 Å². The van der Waals surface area contributed by atoms with E-state index in [2.05, 4.69) is 53.6 Å². The Balaban J connectivity index is 1.54. The van der Waals surface area contributed by atoms with Crippen LogP contribution in [-0.4, -0.2) is 21.9 Å². The first-order valence-electron chi connectivity index (χ1n) is 9.08. The Bertz CT molecular complexity index is 873. The van der Waals surface area contributed by atoms with Gasteiger partial charge in [0.2, 0.25) is 11.8 Å². The molecule has 1 amide bonds. The number of anilines is 1. The number of nitrogens with one attached hydrogen (secondary N) is 1. The first-order chi connectivity index (χ1) is 13.2. The maximum absolute atomic E-state index is 12.2. The second-order valence-corrected chi connectivity index (χ2v) is 7.49. The van der Waals surface area contributed by atoms with Gasteiger partial charge in [0.1, 0.15) is 0 Å². The van der Waals surface area contributed by atoms with Crippen LogP contribution < -0.4 is 5.32 Å². The molecule has 0 atom stereocenters. The molecule has 1 N–H and O–H groups in total. The maximum atomic E-state index is 12.2. The highest BCUT2D eigenvalue weighted by Gasteiger charge is 2.11. The summed E-state index contributed by atoms with van der Waals surface area (Å²) in [7, 11) is 0. The van der Waals surface area contributed by atoms with Gasteiger partial charge in [-0.25, -0.2) is 0 Å². The molecule has 6 heteroatoms. The molecule has 1 aromatic heterocycles. The molecule has 0 unspecified atom stereocenters. The van der Waals surface area contributed by atoms with Crippen LogP contribution in [0.25, 0.3) is 0 Å². The summed E-state index contributed by atoms with van der Waals surface area (Å²) in [4.78, 5) is 13.4. The molecule has 0 aliphatic heterocycles. The van der Waals surface area contributed by atoms with Crippen LogP contribution in [0.1, 0.15) is 36.4 Å². The molecule has 0 aliphatic rings. The van der Waals surface area contributed by atoms with Gasteiger partial charge in [-0.2, -0.15) is 0 Å². The molecule has 0 saturated carbocycles. The molecule has 140 valence electrons. The molecule has 1 heterocycles. The van der Waals surface area contributed by atoms with E-state index in [-0.39, 0.29) is 18.3 Å². The minimum atomic E-state index is -0.171. The van der Waals surface area contributed by atoms with Crippen molar-refractivity contribution in [1.82, 2.24) is 10.2 Å². The third kappa shape index (κ3) is 5.69. The summed E-state index contributed by atoms with van der Waals surface area (Å²) in [6.07, 6.45) is 1.80. The predicted octanol–water partition coefficient (Wildman–Crippen LogP) is 4.52. The number of rotatable bonds is 8. The Morgan fingerprint density at radius 1 is 0.963 bits per heavy atom. The quantitative estimate of drug-likeness (QED) is 0.581. The van der Waals surface area contributed by atoms with Crippen LogP contribution in [0.5, 0.6) is 0 Å². The summed E-state index contributed by atoms with van der Waals surface area (Å²) in [6, 6.07) is 16.4. The van der Waals surface area contributed by atoms with Crippen LogP contribution in [0.4, 0.5) is 6.01 Å². The maximum Gasteiger partial charge on any atom is 0.322 e. The number of amides is 1. The van der Waals surface area contributed by atoms with Crippen LogP contribution in [0.2, 0.25) is 0 Å². The number of hydrogen-bond acceptors (Lipinski definition) is 5. The highest BCUT2D eigenvalue weighted by atomic mass is 32.2. The van der Waals surface area contributed by atoms with Gasteiger partial charge in [-0.1, -0.05) is 55.3 Å². The lowest BCUT2D eigenvalue weighted by Gasteiger charge is -2.03. The van der Waals surface area contributed by atoms with E-state index in [1.807, 2.05) is 24.3 Å². The minimum Gasteiger partial charge on any atom is -0.407 e. The number of benzene rings is 2. The van der Waals surface area contributed by atoms with Crippen molar-refractivity contribution < 1.29 is 9.21 Å². The van der Waals surface area contributed by atoms with Crippen LogP contribution in [0.15, 0.2) is 57.8 Å². The number of nitrogens with zero attached hydrogens (tertiary/aromatic N) is 2. The highest BCUT2D eigenvalue weighted by molar-refractivity contribution is 7.99. The molecule has 0 aliphatic carbocycles. The number of carbonyl (C=O) groups excluding carboxylic acids is 1. The number of aryl methyl sites for hydroxylation is 1. The summed E-state index contributed by atoms with van der Waals surface area (Å²) >= 11 is 1.80. The van der Waals surface area contributed by atoms with Crippen LogP contribution in [-0.2, 0) is 24.1 Å². The van der Waals surface area contributed by atoms with Gasteiger partial charge >= 0.3 is 6.01 Å². The Hall–Kier alpha value is -2.60. The van der Waals surface area contributed by atoms with E-state index in [9.17, 15) is 4.79 Å². The molecule has 0 radical (unpaired) electrons. The van der Waals surface area contributed by atoms with Gasteiger partial charge in [0.05, 0.1) is 12.8 Å². The smallest absolute Gasteiger partial charge is 0.322 e. The van der Waals surface area contributed by atoms with Crippen molar-refractivity contribution in [1.29, 1.82) is 0 Å². The van der Waals surface area contributed by atoms with Gasteiger partial charge in [-0.05, 0) is 41.0 Å². The van der Waals surface area contributed by atoms with E-state index in [1.165, 1.54) is 10.5 Å². The Morgan fingerprint density at radius 3 is 2.30 bits per heavy atom. The van der Waals surface area contributed by atoms with Gasteiger partial charge in [0, 0.05) is 4.90 Å². The zero-order valence-electron chi connectivity index (χ0n) is 15.6. The van der Waals surface area contributed by atoms with E-state index < -0.39 is 0 Å². The first-order valence-corrected chi connectivity index (χ1v) is 10.1. The summed E-state index contributed by atoms with van der Waals surface area (Å²) in [6.45, 7) is 4.24. The van der Waals surface area contributed by atoms with Crippen molar-refractivity contribution >= 4 is 23.7 Å². The molecule has 0 bridgehead atoms. The lowest BCUT2D eigenvalue weighted by molar-refractivity contribution is -0.115. The Kier molecular flexibility index (Phi) is 6.65. The third-order valence-electron chi connectivity index (χ3n) is 4.10. The molecule has 0 saturated heterocycles. The Morgan fingerprint density at radius 2 is 1.63 bits per heavy atom. The SMILES string of the molecule is CCSc1ccc(Cc2nnc(NC(=O)Cc3ccc(CC)cc3)o2)cc1. The van der Waals surface area contributed by atoms with Crippen molar-refractivity contribution in [3.63, 3.8) is 0 Å². The fraction of sp³-hybridized carbons (Fsp3) is 0.286. The second-order valence-electron chi connectivity index (χ2n) is 6.15. The standard InChI is InChI=1S/C21H23N3O2S/c1-3-15-5-7-16(8-6-15)13-19(25)22-21-24-23-20(26-21)14-17-9-11-18(12-10-17)27-4-2/h5-12H,3-4,13-14H2,1-2H3,(H,22,24,25). The molecule has 3 aromatic rings. The average Bonchev–Trinajstić information content (AvgIpc) is 3.11. The zero-order valence-corrected chi connectivity index (χ0v) is 16.4. The lowest BCUT2D eigenvalue weighted by Crippen LogP contribution is -2.14. The molecular weight excluding hydrogens is 358 g/mol. The predicted molar refractivity (Wildman–Crippen MR) is 108 cm³/mol. The van der Waals surface area contributed by atoms with E-state index in [0.717, 1.165) is 23.3 Å². The van der Waals surface area contributed by atoms with Gasteiger partial charge < -0.3 is 4.42 Å². The normalized spacial score (nSPS) is 10.7. The van der Waals surface area contributed by atoms with Gasteiger partial charge in [-0.3, -0.25) is 10.1 Å². The molecule has 27 heavy (non-hydrogen) atoms. The largest absolute Gasteiger partial charge is 0.407 e. The monoisotopic (exact) mass is 381 g/mol. The molecule has 3 rings (SSSR count). The van der Waals surface area contributed by atoms with E-state index in [0.29, 0.717) is 12.3 Å². The summed E-state index contributed by atoms with van der Waals surface area (Å²) in [5, 5.41) is 10.6. The lowest BCUT2D eigenvalue weighted by atomic mass is 10.1. The fourth-order valence-electron chi connectivity index (χ4n) is 2.66. The molecule has 0 spiro atoms. The molecule has 2 aromatic carbocycles. The van der Waals surface area contributed by atoms with E-state index in [1.54, 1.807) is 11.8 Å². The van der Waals surface area contributed by atoms with E-state index in [4.69, 9.17) is 4.42 Å². The van der Waals surface area contributed by atoms with Gasteiger partial charge in [0.25, 0.3) is 0 Å². The number of carbonyl (C=O) groups is 1. The zero-order chi connectivity index (χ0) is 19.1. The average molecular weight is 382 g/mol. The van der Waals surface area contributed by atoms with Crippen LogP contribution in [0, 0.1) is 0 Å². The number of hydrogen-bond donors (Lipinski definition) is 1. The summed E-state index contributed by atoms with van der Waals surface area (Å²) in [5.41, 5.74) is 3.30. The third-order valence-corrected chi connectivity index (χ3v) is 4.99. The topological polar surface area (TPSA) is 68.0 Å². The van der Waals surface area contributed by atoms with Crippen molar-refractivity contribution in [2.75, 3.05) is 11.1 Å². The molecule has 0 fully saturated rings. The summed E-state index contributed by atoms with van der Waals surface area (Å²) < 4.78 is 5.55. The highest BCUT2D eigenvalue weighted by Crippen LogP contribution is 2.19. The van der Waals surface area contributed by atoms with Crippen molar-refractivity contribution in [3.8, 4) is 0 Å². The molecule has 5 nitrogen and oxygen atoms in total. The number of thioether (sulfide) groups is 1. The molecular formula is C21H23N3O2S. The van der Waals surface area contributed by atoms with Gasteiger partial charge in [-0.15, -0.1) is 16.9 Å². The Labute approximate surface area is 163 Å². The fourth-order valence-corrected chi connectivity index (χ4v) is 3.32. The number of aromatic nitrogens is 2. The minimum absolute atomic E-state index is 0.137. The van der Waals surface area contributed by atoms with Crippen molar-refractivity contribution in [2.45, 2.75) is 38.0 Å². The van der Waals surface area contributed by atoms with Crippen molar-refractivity contribution in [3.05, 3.63) is 71.1 Å². The van der Waals surface area contributed by atoms with Crippen molar-refractivity contribution in [2.24, 2.45) is 0 Å². The van der Waals surface area contributed by atoms with Crippen LogP contribution in [0.3, 0.4) is 0 Å². The second kappa shape index (κ2) is 9.37.